The number of carbonyl (C=O) groups is 1. The van der Waals surface area contributed by atoms with Gasteiger partial charge in [0.25, 0.3) is 0 Å². The van der Waals surface area contributed by atoms with E-state index < -0.39 is 0 Å². The van der Waals surface area contributed by atoms with Crippen molar-refractivity contribution in [2.75, 3.05) is 72.4 Å². The van der Waals surface area contributed by atoms with Gasteiger partial charge in [0.2, 0.25) is 12.7 Å². The van der Waals surface area contributed by atoms with E-state index in [1.165, 1.54) is 37.7 Å². The third-order valence-corrected chi connectivity index (χ3v) is 7.76. The molecule has 1 amide bonds. The standard InChI is InChI=1S/C25H38N4O4/c30-24(26-19-25(6-2-1-3-7-25)29-12-14-31-15-13-29)18-28-10-8-27(9-11-28)17-21-4-5-22-23(16-21)33-20-32-22/h4-5,16H,1-3,6-15,17-20H2,(H,26,30). The zero-order valence-electron chi connectivity index (χ0n) is 19.7. The van der Waals surface area contributed by atoms with Crippen molar-refractivity contribution in [3.05, 3.63) is 23.8 Å². The van der Waals surface area contributed by atoms with Crippen molar-refractivity contribution in [2.24, 2.45) is 0 Å². The number of nitrogens with zero attached hydrogens (tertiary/aromatic N) is 3. The summed E-state index contributed by atoms with van der Waals surface area (Å²) in [4.78, 5) is 20.1. The lowest BCUT2D eigenvalue weighted by atomic mass is 9.79. The Morgan fingerprint density at radius 3 is 2.42 bits per heavy atom. The summed E-state index contributed by atoms with van der Waals surface area (Å²) >= 11 is 0. The first-order valence-electron chi connectivity index (χ1n) is 12.6. The van der Waals surface area contributed by atoms with Gasteiger partial charge in [0.05, 0.1) is 19.8 Å². The van der Waals surface area contributed by atoms with Gasteiger partial charge < -0.3 is 19.5 Å². The van der Waals surface area contributed by atoms with E-state index in [2.05, 4.69) is 32.1 Å². The van der Waals surface area contributed by atoms with Crippen molar-refractivity contribution in [3.63, 3.8) is 0 Å². The Morgan fingerprint density at radius 2 is 1.64 bits per heavy atom. The monoisotopic (exact) mass is 458 g/mol. The molecule has 2 saturated heterocycles. The molecule has 33 heavy (non-hydrogen) atoms. The molecular formula is C25H38N4O4. The molecule has 3 heterocycles. The van der Waals surface area contributed by atoms with Crippen LogP contribution in [0.5, 0.6) is 11.5 Å². The number of nitrogens with one attached hydrogen (secondary N) is 1. The number of piperazine rings is 1. The lowest BCUT2D eigenvalue weighted by Crippen LogP contribution is -2.60. The highest BCUT2D eigenvalue weighted by Gasteiger charge is 2.38. The van der Waals surface area contributed by atoms with E-state index >= 15 is 0 Å². The zero-order valence-corrected chi connectivity index (χ0v) is 19.7. The molecule has 1 aromatic rings. The Labute approximate surface area is 197 Å². The summed E-state index contributed by atoms with van der Waals surface area (Å²) in [6.45, 7) is 9.87. The van der Waals surface area contributed by atoms with Gasteiger partial charge in [-0.2, -0.15) is 0 Å². The molecule has 1 aliphatic carbocycles. The molecule has 1 saturated carbocycles. The molecule has 0 aromatic heterocycles. The Morgan fingerprint density at radius 1 is 0.909 bits per heavy atom. The van der Waals surface area contributed by atoms with Gasteiger partial charge in [-0.05, 0) is 30.5 Å². The largest absolute Gasteiger partial charge is 0.454 e. The molecule has 4 aliphatic rings. The lowest BCUT2D eigenvalue weighted by molar-refractivity contribution is -0.124. The van der Waals surface area contributed by atoms with Crippen molar-refractivity contribution in [3.8, 4) is 11.5 Å². The number of benzene rings is 1. The van der Waals surface area contributed by atoms with Crippen LogP contribution in [0.4, 0.5) is 0 Å². The van der Waals surface area contributed by atoms with Crippen LogP contribution in [0, 0.1) is 0 Å². The summed E-state index contributed by atoms with van der Waals surface area (Å²) in [5.74, 6) is 1.84. The second kappa shape index (κ2) is 10.6. The number of ether oxygens (including phenoxy) is 3. The first-order valence-corrected chi connectivity index (χ1v) is 12.6. The average Bonchev–Trinajstić information content (AvgIpc) is 3.33. The third-order valence-electron chi connectivity index (χ3n) is 7.76. The second-order valence-electron chi connectivity index (χ2n) is 9.90. The van der Waals surface area contributed by atoms with Crippen LogP contribution in [-0.4, -0.2) is 98.5 Å². The molecule has 182 valence electrons. The van der Waals surface area contributed by atoms with Gasteiger partial charge in [0.15, 0.2) is 11.5 Å². The summed E-state index contributed by atoms with van der Waals surface area (Å²) in [5, 5.41) is 3.31. The number of morpholine rings is 1. The quantitative estimate of drug-likeness (QED) is 0.667. The molecule has 0 unspecified atom stereocenters. The second-order valence-corrected chi connectivity index (χ2v) is 9.90. The summed E-state index contributed by atoms with van der Waals surface area (Å²) < 4.78 is 16.5. The van der Waals surface area contributed by atoms with Crippen LogP contribution in [0.3, 0.4) is 0 Å². The van der Waals surface area contributed by atoms with Crippen molar-refractivity contribution >= 4 is 5.91 Å². The van der Waals surface area contributed by atoms with Crippen LogP contribution in [0.2, 0.25) is 0 Å². The maximum absolute atomic E-state index is 12.8. The highest BCUT2D eigenvalue weighted by molar-refractivity contribution is 5.78. The molecular weight excluding hydrogens is 420 g/mol. The van der Waals surface area contributed by atoms with Crippen LogP contribution >= 0.6 is 0 Å². The van der Waals surface area contributed by atoms with E-state index in [1.807, 2.05) is 6.07 Å². The fraction of sp³-hybridized carbons (Fsp3) is 0.720. The summed E-state index contributed by atoms with van der Waals surface area (Å²) in [5.41, 5.74) is 1.37. The van der Waals surface area contributed by atoms with Gasteiger partial charge >= 0.3 is 0 Å². The molecule has 0 radical (unpaired) electrons. The fourth-order valence-electron chi connectivity index (χ4n) is 5.78. The van der Waals surface area contributed by atoms with Crippen LogP contribution < -0.4 is 14.8 Å². The van der Waals surface area contributed by atoms with Gasteiger partial charge in [0, 0.05) is 57.9 Å². The first-order chi connectivity index (χ1) is 16.2. The number of carbonyl (C=O) groups excluding carboxylic acids is 1. The van der Waals surface area contributed by atoms with Crippen LogP contribution in [-0.2, 0) is 16.1 Å². The predicted octanol–water partition coefficient (Wildman–Crippen LogP) is 1.68. The molecule has 3 fully saturated rings. The summed E-state index contributed by atoms with van der Waals surface area (Å²) in [6, 6.07) is 6.19. The Kier molecular flexibility index (Phi) is 7.35. The van der Waals surface area contributed by atoms with E-state index in [1.54, 1.807) is 0 Å². The van der Waals surface area contributed by atoms with E-state index in [9.17, 15) is 4.79 Å². The molecule has 0 spiro atoms. The Balaban J connectivity index is 1.06. The van der Waals surface area contributed by atoms with Crippen LogP contribution in [0.25, 0.3) is 0 Å². The molecule has 8 nitrogen and oxygen atoms in total. The number of fused-ring (bicyclic) bond motifs is 1. The number of rotatable bonds is 7. The zero-order chi connectivity index (χ0) is 22.5. The molecule has 0 bridgehead atoms. The van der Waals surface area contributed by atoms with E-state index in [0.717, 1.165) is 77.1 Å². The first kappa shape index (κ1) is 22.9. The van der Waals surface area contributed by atoms with Gasteiger partial charge in [-0.1, -0.05) is 25.3 Å². The SMILES string of the molecule is O=C(CN1CCN(Cc2ccc3c(c2)OCO3)CC1)NCC1(N2CCOCC2)CCCCC1. The van der Waals surface area contributed by atoms with Gasteiger partial charge in [-0.3, -0.25) is 19.5 Å². The number of hydrogen-bond acceptors (Lipinski definition) is 7. The highest BCUT2D eigenvalue weighted by atomic mass is 16.7. The van der Waals surface area contributed by atoms with Crippen molar-refractivity contribution in [1.29, 1.82) is 0 Å². The van der Waals surface area contributed by atoms with E-state index in [-0.39, 0.29) is 11.4 Å². The lowest BCUT2D eigenvalue weighted by Gasteiger charge is -2.48. The molecule has 0 atom stereocenters. The average molecular weight is 459 g/mol. The predicted molar refractivity (Wildman–Crippen MR) is 125 cm³/mol. The maximum atomic E-state index is 12.8. The molecule has 1 aromatic carbocycles. The fourth-order valence-corrected chi connectivity index (χ4v) is 5.78. The van der Waals surface area contributed by atoms with E-state index in [0.29, 0.717) is 13.3 Å². The third kappa shape index (κ3) is 5.62. The minimum Gasteiger partial charge on any atom is -0.454 e. The molecule has 8 heteroatoms. The van der Waals surface area contributed by atoms with Gasteiger partial charge in [-0.25, -0.2) is 0 Å². The molecule has 5 rings (SSSR count). The van der Waals surface area contributed by atoms with Crippen molar-refractivity contribution in [2.45, 2.75) is 44.2 Å². The van der Waals surface area contributed by atoms with Crippen LogP contribution in [0.1, 0.15) is 37.7 Å². The van der Waals surface area contributed by atoms with E-state index in [4.69, 9.17) is 14.2 Å². The maximum Gasteiger partial charge on any atom is 0.234 e. The molecule has 3 aliphatic heterocycles. The highest BCUT2D eigenvalue weighted by Crippen LogP contribution is 2.34. The Bertz CT molecular complexity index is 800. The van der Waals surface area contributed by atoms with Crippen molar-refractivity contribution < 1.29 is 19.0 Å². The summed E-state index contributed by atoms with van der Waals surface area (Å²) in [7, 11) is 0. The number of amides is 1. The summed E-state index contributed by atoms with van der Waals surface area (Å²) in [6.07, 6.45) is 6.21. The van der Waals surface area contributed by atoms with Gasteiger partial charge in [-0.15, -0.1) is 0 Å². The topological polar surface area (TPSA) is 66.5 Å². The van der Waals surface area contributed by atoms with Gasteiger partial charge in [0.1, 0.15) is 0 Å². The normalized spacial score (nSPS) is 24.0. The Hall–Kier alpha value is -1.87. The van der Waals surface area contributed by atoms with Crippen molar-refractivity contribution in [1.82, 2.24) is 20.0 Å². The molecule has 1 N–H and O–H groups in total. The smallest absolute Gasteiger partial charge is 0.234 e. The number of hydrogen-bond donors (Lipinski definition) is 1. The van der Waals surface area contributed by atoms with Crippen LogP contribution in [0.15, 0.2) is 18.2 Å². The minimum absolute atomic E-state index is 0.126. The minimum atomic E-state index is 0.126.